The van der Waals surface area contributed by atoms with E-state index < -0.39 is 0 Å². The molecular weight excluding hydrogens is 269 g/mol. The van der Waals surface area contributed by atoms with Crippen molar-refractivity contribution in [3.8, 4) is 11.5 Å². The molecule has 2 aromatic rings. The largest absolute Gasteiger partial charge is 0.454 e. The number of nitrogens with one attached hydrogen (secondary N) is 1. The van der Waals surface area contributed by atoms with E-state index in [9.17, 15) is 4.39 Å². The molecule has 0 fully saturated rings. The number of ether oxygens (including phenoxy) is 2. The summed E-state index contributed by atoms with van der Waals surface area (Å²) in [7, 11) is 0. The smallest absolute Gasteiger partial charge is 0.231 e. The van der Waals surface area contributed by atoms with E-state index >= 15 is 0 Å². The van der Waals surface area contributed by atoms with E-state index in [1.807, 2.05) is 24.3 Å². The highest BCUT2D eigenvalue weighted by atomic mass is 19.1. The van der Waals surface area contributed by atoms with Crippen LogP contribution in [0.2, 0.25) is 0 Å². The molecule has 3 nitrogen and oxygen atoms in total. The zero-order valence-corrected chi connectivity index (χ0v) is 11.6. The molecule has 2 aromatic carbocycles. The average molecular weight is 285 g/mol. The van der Waals surface area contributed by atoms with Gasteiger partial charge in [0.25, 0.3) is 0 Å². The fraction of sp³-hybridized carbons (Fsp3) is 0.294. The van der Waals surface area contributed by atoms with E-state index in [1.165, 1.54) is 0 Å². The van der Waals surface area contributed by atoms with Gasteiger partial charge in [-0.2, -0.15) is 0 Å². The molecule has 4 heteroatoms. The Kier molecular flexibility index (Phi) is 3.04. The lowest BCUT2D eigenvalue weighted by Gasteiger charge is -2.14. The van der Waals surface area contributed by atoms with Crippen LogP contribution in [-0.4, -0.2) is 6.79 Å². The monoisotopic (exact) mass is 285 g/mol. The quantitative estimate of drug-likeness (QED) is 0.938. The second-order valence-corrected chi connectivity index (χ2v) is 5.47. The Morgan fingerprint density at radius 3 is 3.00 bits per heavy atom. The molecule has 1 unspecified atom stereocenters. The first-order valence-electron chi connectivity index (χ1n) is 7.20. The van der Waals surface area contributed by atoms with Gasteiger partial charge < -0.3 is 14.8 Å². The molecule has 4 rings (SSSR count). The molecule has 21 heavy (non-hydrogen) atoms. The maximum absolute atomic E-state index is 13.7. The van der Waals surface area contributed by atoms with Gasteiger partial charge in [-0.3, -0.25) is 0 Å². The maximum atomic E-state index is 13.7. The van der Waals surface area contributed by atoms with Crippen molar-refractivity contribution < 1.29 is 13.9 Å². The van der Waals surface area contributed by atoms with Crippen LogP contribution < -0.4 is 14.8 Å². The number of rotatable bonds is 3. The standard InChI is InChI=1S/C17H16FNO2/c18-14-3-1-2-13-12(14)5-6-15(13)19-9-11-4-7-16-17(8-11)21-10-20-16/h1-4,7-8,15,19H,5-6,9-10H2. The Bertz CT molecular complexity index is 686. The molecule has 1 N–H and O–H groups in total. The van der Waals surface area contributed by atoms with Crippen LogP contribution in [0.15, 0.2) is 36.4 Å². The molecule has 2 aliphatic rings. The third kappa shape index (κ3) is 2.25. The zero-order chi connectivity index (χ0) is 14.2. The summed E-state index contributed by atoms with van der Waals surface area (Å²) in [6.07, 6.45) is 1.75. The minimum Gasteiger partial charge on any atom is -0.454 e. The second kappa shape index (κ2) is 5.04. The molecule has 0 bridgehead atoms. The Labute approximate surface area is 122 Å². The van der Waals surface area contributed by atoms with Crippen LogP contribution in [0.1, 0.15) is 29.2 Å². The molecule has 0 amide bonds. The summed E-state index contributed by atoms with van der Waals surface area (Å²) >= 11 is 0. The molecule has 1 heterocycles. The highest BCUT2D eigenvalue weighted by molar-refractivity contribution is 5.44. The number of hydrogen-bond acceptors (Lipinski definition) is 3. The van der Waals surface area contributed by atoms with Crippen molar-refractivity contribution in [3.05, 3.63) is 58.9 Å². The first kappa shape index (κ1) is 12.7. The molecule has 108 valence electrons. The molecule has 0 spiro atoms. The summed E-state index contributed by atoms with van der Waals surface area (Å²) in [6.45, 7) is 1.03. The van der Waals surface area contributed by atoms with Crippen molar-refractivity contribution in [2.75, 3.05) is 6.79 Å². The zero-order valence-electron chi connectivity index (χ0n) is 11.6. The number of benzene rings is 2. The van der Waals surface area contributed by atoms with Gasteiger partial charge in [0.2, 0.25) is 6.79 Å². The van der Waals surface area contributed by atoms with Crippen LogP contribution in [0.3, 0.4) is 0 Å². The van der Waals surface area contributed by atoms with E-state index in [0.29, 0.717) is 6.79 Å². The third-order valence-corrected chi connectivity index (χ3v) is 4.20. The van der Waals surface area contributed by atoms with E-state index in [2.05, 4.69) is 5.32 Å². The molecule has 0 aromatic heterocycles. The van der Waals surface area contributed by atoms with Crippen LogP contribution in [0.4, 0.5) is 4.39 Å². The summed E-state index contributed by atoms with van der Waals surface area (Å²) in [5, 5.41) is 3.51. The van der Waals surface area contributed by atoms with Crippen molar-refractivity contribution in [2.45, 2.75) is 25.4 Å². The lowest BCUT2D eigenvalue weighted by Crippen LogP contribution is -2.18. The maximum Gasteiger partial charge on any atom is 0.231 e. The summed E-state index contributed by atoms with van der Waals surface area (Å²) in [5.74, 6) is 1.51. The van der Waals surface area contributed by atoms with Gasteiger partial charge in [-0.05, 0) is 47.7 Å². The molecule has 0 radical (unpaired) electrons. The SMILES string of the molecule is Fc1cccc2c1CCC2NCc1ccc2c(c1)OCO2. The van der Waals surface area contributed by atoms with Crippen LogP contribution >= 0.6 is 0 Å². The van der Waals surface area contributed by atoms with Crippen LogP contribution in [0, 0.1) is 5.82 Å². The summed E-state index contributed by atoms with van der Waals surface area (Å²) < 4.78 is 24.4. The van der Waals surface area contributed by atoms with E-state index in [4.69, 9.17) is 9.47 Å². The van der Waals surface area contributed by atoms with Crippen LogP contribution in [0.25, 0.3) is 0 Å². The predicted octanol–water partition coefficient (Wildman–Crippen LogP) is 3.33. The fourth-order valence-electron chi connectivity index (χ4n) is 3.11. The molecule has 0 saturated carbocycles. The molecule has 1 atom stereocenters. The summed E-state index contributed by atoms with van der Waals surface area (Å²) in [5.41, 5.74) is 3.10. The van der Waals surface area contributed by atoms with Crippen molar-refractivity contribution >= 4 is 0 Å². The van der Waals surface area contributed by atoms with Gasteiger partial charge in [-0.1, -0.05) is 18.2 Å². The molecule has 0 saturated heterocycles. The lowest BCUT2D eigenvalue weighted by molar-refractivity contribution is 0.174. The highest BCUT2D eigenvalue weighted by Crippen LogP contribution is 2.34. The summed E-state index contributed by atoms with van der Waals surface area (Å²) in [6, 6.07) is 11.5. The van der Waals surface area contributed by atoms with Gasteiger partial charge >= 0.3 is 0 Å². The minimum atomic E-state index is -0.0834. The van der Waals surface area contributed by atoms with Crippen LogP contribution in [0.5, 0.6) is 11.5 Å². The highest BCUT2D eigenvalue weighted by Gasteiger charge is 2.24. The molecule has 1 aliphatic heterocycles. The Morgan fingerprint density at radius 1 is 1.14 bits per heavy atom. The number of hydrogen-bond donors (Lipinski definition) is 1. The van der Waals surface area contributed by atoms with Crippen LogP contribution in [-0.2, 0) is 13.0 Å². The third-order valence-electron chi connectivity index (χ3n) is 4.20. The van der Waals surface area contributed by atoms with Crippen molar-refractivity contribution in [1.82, 2.24) is 5.32 Å². The Balaban J connectivity index is 1.48. The van der Waals surface area contributed by atoms with Crippen molar-refractivity contribution in [3.63, 3.8) is 0 Å². The normalized spacial score (nSPS) is 18.8. The summed E-state index contributed by atoms with van der Waals surface area (Å²) in [4.78, 5) is 0. The van der Waals surface area contributed by atoms with E-state index in [-0.39, 0.29) is 11.9 Å². The van der Waals surface area contributed by atoms with Crippen molar-refractivity contribution in [1.29, 1.82) is 0 Å². The fourth-order valence-corrected chi connectivity index (χ4v) is 3.11. The van der Waals surface area contributed by atoms with Gasteiger partial charge in [0, 0.05) is 12.6 Å². The second-order valence-electron chi connectivity index (χ2n) is 5.47. The predicted molar refractivity (Wildman–Crippen MR) is 76.9 cm³/mol. The molecule has 1 aliphatic carbocycles. The van der Waals surface area contributed by atoms with Gasteiger partial charge in [0.15, 0.2) is 11.5 Å². The van der Waals surface area contributed by atoms with Gasteiger partial charge in [-0.15, -0.1) is 0 Å². The number of fused-ring (bicyclic) bond motifs is 2. The number of halogens is 1. The Morgan fingerprint density at radius 2 is 2.05 bits per heavy atom. The van der Waals surface area contributed by atoms with Gasteiger partial charge in [0.05, 0.1) is 0 Å². The lowest BCUT2D eigenvalue weighted by atomic mass is 10.1. The first-order chi connectivity index (χ1) is 10.3. The van der Waals surface area contributed by atoms with Crippen molar-refractivity contribution in [2.24, 2.45) is 0 Å². The Hall–Kier alpha value is -2.07. The molecular formula is C17H16FNO2. The topological polar surface area (TPSA) is 30.5 Å². The van der Waals surface area contributed by atoms with Gasteiger partial charge in [-0.25, -0.2) is 4.39 Å². The van der Waals surface area contributed by atoms with E-state index in [1.54, 1.807) is 12.1 Å². The van der Waals surface area contributed by atoms with Gasteiger partial charge in [0.1, 0.15) is 5.82 Å². The minimum absolute atomic E-state index is 0.0834. The first-order valence-corrected chi connectivity index (χ1v) is 7.20. The average Bonchev–Trinajstić information content (AvgIpc) is 3.12. The van der Waals surface area contributed by atoms with E-state index in [0.717, 1.165) is 47.6 Å².